The molecule has 0 saturated heterocycles. The molecule has 0 bridgehead atoms. The van der Waals surface area contributed by atoms with E-state index in [1.165, 1.54) is 0 Å². The van der Waals surface area contributed by atoms with Crippen molar-refractivity contribution in [1.82, 2.24) is 0 Å². The number of Topliss-reactive ketones (excluding diaryl/α,β-unsaturated/α-hetero) is 1. The predicted molar refractivity (Wildman–Crippen MR) is 83.8 cm³/mol. The summed E-state index contributed by atoms with van der Waals surface area (Å²) in [6, 6.07) is 14.0. The number of para-hydroxylation sites is 1. The number of carboxylic acids is 1. The molecule has 0 spiro atoms. The topological polar surface area (TPSA) is 72.8 Å². The number of benzene rings is 2. The van der Waals surface area contributed by atoms with Crippen LogP contribution in [-0.4, -0.2) is 30.1 Å². The van der Waals surface area contributed by atoms with Crippen LogP contribution in [0.3, 0.4) is 0 Å². The summed E-state index contributed by atoms with van der Waals surface area (Å²) in [6.45, 7) is -0.156. The van der Waals surface area contributed by atoms with Crippen molar-refractivity contribution in [3.63, 3.8) is 0 Å². The van der Waals surface area contributed by atoms with Gasteiger partial charge in [-0.05, 0) is 35.9 Å². The van der Waals surface area contributed by atoms with E-state index < -0.39 is 5.97 Å². The van der Waals surface area contributed by atoms with Crippen LogP contribution in [0.2, 0.25) is 0 Å². The van der Waals surface area contributed by atoms with Gasteiger partial charge in [-0.3, -0.25) is 4.79 Å². The van der Waals surface area contributed by atoms with Gasteiger partial charge in [0.2, 0.25) is 0 Å². The lowest BCUT2D eigenvalue weighted by Gasteiger charge is -2.18. The quantitative estimate of drug-likeness (QED) is 0.879. The number of carbonyl (C=O) groups excluding carboxylic acids is 1. The van der Waals surface area contributed by atoms with Crippen molar-refractivity contribution in [2.75, 3.05) is 13.2 Å². The van der Waals surface area contributed by atoms with E-state index in [1.807, 2.05) is 6.07 Å². The number of carboxylic acid groups (broad SMARTS) is 1. The van der Waals surface area contributed by atoms with Gasteiger partial charge in [-0.2, -0.15) is 0 Å². The van der Waals surface area contributed by atoms with Crippen molar-refractivity contribution in [1.29, 1.82) is 0 Å². The Labute approximate surface area is 132 Å². The Kier molecular flexibility index (Phi) is 4.10. The van der Waals surface area contributed by atoms with Crippen molar-refractivity contribution < 1.29 is 24.2 Å². The van der Waals surface area contributed by atoms with E-state index in [-0.39, 0.29) is 19.0 Å². The largest absolute Gasteiger partial charge is 0.488 e. The Morgan fingerprint density at radius 2 is 1.91 bits per heavy atom. The van der Waals surface area contributed by atoms with Gasteiger partial charge >= 0.3 is 5.97 Å². The van der Waals surface area contributed by atoms with Crippen molar-refractivity contribution in [3.8, 4) is 11.5 Å². The summed E-state index contributed by atoms with van der Waals surface area (Å²) >= 11 is 0. The number of ether oxygens (including phenoxy) is 2. The van der Waals surface area contributed by atoms with Gasteiger partial charge in [-0.25, -0.2) is 4.79 Å². The maximum absolute atomic E-state index is 12.4. The Morgan fingerprint density at radius 1 is 1.17 bits per heavy atom. The van der Waals surface area contributed by atoms with Gasteiger partial charge in [0.25, 0.3) is 0 Å². The molecule has 0 unspecified atom stereocenters. The van der Waals surface area contributed by atoms with E-state index in [9.17, 15) is 9.59 Å². The molecule has 5 nitrogen and oxygen atoms in total. The van der Waals surface area contributed by atoms with Crippen molar-refractivity contribution >= 4 is 17.8 Å². The molecule has 0 aliphatic carbocycles. The first kappa shape index (κ1) is 14.8. The molecule has 3 rings (SSSR count). The predicted octanol–water partition coefficient (Wildman–Crippen LogP) is 2.81. The van der Waals surface area contributed by atoms with Crippen molar-refractivity contribution in [2.45, 2.75) is 0 Å². The maximum atomic E-state index is 12.4. The monoisotopic (exact) mass is 310 g/mol. The second-order valence-corrected chi connectivity index (χ2v) is 5.03. The fourth-order valence-electron chi connectivity index (χ4n) is 2.29. The lowest BCUT2D eigenvalue weighted by molar-refractivity contribution is -0.139. The third-order valence-electron chi connectivity index (χ3n) is 3.39. The lowest BCUT2D eigenvalue weighted by atomic mass is 9.98. The number of ketones is 1. The van der Waals surface area contributed by atoms with E-state index >= 15 is 0 Å². The van der Waals surface area contributed by atoms with Crippen molar-refractivity contribution in [2.24, 2.45) is 0 Å². The molecule has 0 radical (unpaired) electrons. The van der Waals surface area contributed by atoms with Crippen LogP contribution >= 0.6 is 0 Å². The number of fused-ring (bicyclic) bond motifs is 1. The highest BCUT2D eigenvalue weighted by molar-refractivity contribution is 6.14. The SMILES string of the molecule is O=C(O)COc1ccc(/C=C2/COc3ccccc3C2=O)cc1. The number of hydrogen-bond acceptors (Lipinski definition) is 4. The summed E-state index contributed by atoms with van der Waals surface area (Å²) in [7, 11) is 0. The molecule has 0 atom stereocenters. The van der Waals surface area contributed by atoms with Crippen LogP contribution in [0.5, 0.6) is 11.5 Å². The van der Waals surface area contributed by atoms with E-state index in [1.54, 1.807) is 48.5 Å². The highest BCUT2D eigenvalue weighted by atomic mass is 16.5. The molecule has 1 heterocycles. The Balaban J connectivity index is 1.77. The average molecular weight is 310 g/mol. The Hall–Kier alpha value is -3.08. The molecule has 2 aromatic carbocycles. The molecule has 1 aliphatic heterocycles. The summed E-state index contributed by atoms with van der Waals surface area (Å²) < 4.78 is 10.7. The van der Waals surface area contributed by atoms with Crippen LogP contribution < -0.4 is 9.47 Å². The molecule has 23 heavy (non-hydrogen) atoms. The van der Waals surface area contributed by atoms with Crippen LogP contribution in [-0.2, 0) is 4.79 Å². The number of hydrogen-bond donors (Lipinski definition) is 1. The first-order valence-corrected chi connectivity index (χ1v) is 7.05. The van der Waals surface area contributed by atoms with Gasteiger partial charge in [-0.1, -0.05) is 24.3 Å². The molecule has 0 fully saturated rings. The first-order valence-electron chi connectivity index (χ1n) is 7.05. The third kappa shape index (κ3) is 3.40. The first-order chi connectivity index (χ1) is 11.1. The van der Waals surface area contributed by atoms with E-state index in [4.69, 9.17) is 14.6 Å². The summed E-state index contributed by atoms with van der Waals surface area (Å²) in [6.07, 6.45) is 1.76. The molecule has 0 saturated carbocycles. The van der Waals surface area contributed by atoms with Gasteiger partial charge in [0.05, 0.1) is 5.56 Å². The van der Waals surface area contributed by atoms with Crippen molar-refractivity contribution in [3.05, 3.63) is 65.2 Å². The molecule has 116 valence electrons. The highest BCUT2D eigenvalue weighted by Crippen LogP contribution is 2.27. The van der Waals surface area contributed by atoms with E-state index in [2.05, 4.69) is 0 Å². The Bertz CT molecular complexity index is 774. The minimum Gasteiger partial charge on any atom is -0.488 e. The summed E-state index contributed by atoms with van der Waals surface area (Å²) in [5, 5.41) is 8.57. The molecule has 0 aromatic heterocycles. The molecule has 5 heteroatoms. The second-order valence-electron chi connectivity index (χ2n) is 5.03. The normalized spacial score (nSPS) is 15.0. The van der Waals surface area contributed by atoms with Crippen LogP contribution in [0, 0.1) is 0 Å². The zero-order chi connectivity index (χ0) is 16.2. The van der Waals surface area contributed by atoms with Gasteiger partial charge in [-0.15, -0.1) is 0 Å². The van der Waals surface area contributed by atoms with Crippen LogP contribution in [0.4, 0.5) is 0 Å². The second kappa shape index (κ2) is 6.36. The zero-order valence-electron chi connectivity index (χ0n) is 12.2. The number of rotatable bonds is 4. The standard InChI is InChI=1S/C18H14O5/c19-17(20)11-22-14-7-5-12(6-8-14)9-13-10-23-16-4-2-1-3-15(16)18(13)21/h1-9H,10-11H2,(H,19,20)/b13-9-. The van der Waals surface area contributed by atoms with Gasteiger partial charge in [0, 0.05) is 5.57 Å². The molecular weight excluding hydrogens is 296 g/mol. The fraction of sp³-hybridized carbons (Fsp3) is 0.111. The zero-order valence-corrected chi connectivity index (χ0v) is 12.2. The summed E-state index contributed by atoms with van der Waals surface area (Å²) in [4.78, 5) is 22.9. The molecule has 1 aliphatic rings. The lowest BCUT2D eigenvalue weighted by Crippen LogP contribution is -2.18. The number of carbonyl (C=O) groups is 2. The van der Waals surface area contributed by atoms with E-state index in [0.717, 1.165) is 5.56 Å². The molecule has 0 amide bonds. The van der Waals surface area contributed by atoms with Crippen LogP contribution in [0.1, 0.15) is 15.9 Å². The molecule has 2 aromatic rings. The average Bonchev–Trinajstić information content (AvgIpc) is 2.57. The van der Waals surface area contributed by atoms with Gasteiger partial charge in [0.1, 0.15) is 18.1 Å². The molecular formula is C18H14O5. The fourth-order valence-corrected chi connectivity index (χ4v) is 2.29. The maximum Gasteiger partial charge on any atom is 0.341 e. The van der Waals surface area contributed by atoms with Gasteiger partial charge in [0.15, 0.2) is 12.4 Å². The summed E-state index contributed by atoms with van der Waals surface area (Å²) in [5.41, 5.74) is 1.95. The minimum atomic E-state index is -1.03. The summed E-state index contributed by atoms with van der Waals surface area (Å²) in [5.74, 6) is -0.00366. The van der Waals surface area contributed by atoms with E-state index in [0.29, 0.717) is 22.6 Å². The van der Waals surface area contributed by atoms with Crippen LogP contribution in [0.25, 0.3) is 6.08 Å². The molecule has 1 N–H and O–H groups in total. The van der Waals surface area contributed by atoms with Gasteiger partial charge < -0.3 is 14.6 Å². The van der Waals surface area contributed by atoms with Crippen LogP contribution in [0.15, 0.2) is 54.1 Å². The number of aliphatic carboxylic acids is 1. The minimum absolute atomic E-state index is 0.0435. The third-order valence-corrected chi connectivity index (χ3v) is 3.39. The Morgan fingerprint density at radius 3 is 2.65 bits per heavy atom. The highest BCUT2D eigenvalue weighted by Gasteiger charge is 2.22. The smallest absolute Gasteiger partial charge is 0.341 e.